The first-order chi connectivity index (χ1) is 20.8. The van der Waals surface area contributed by atoms with E-state index in [1.54, 1.807) is 0 Å². The predicted molar refractivity (Wildman–Crippen MR) is 183 cm³/mol. The molecule has 0 amide bonds. The summed E-state index contributed by atoms with van der Waals surface area (Å²) in [5.41, 5.74) is 6.18. The van der Waals surface area contributed by atoms with E-state index in [2.05, 4.69) is 144 Å². The summed E-state index contributed by atoms with van der Waals surface area (Å²) in [6, 6.07) is 51.8. The molecule has 0 unspecified atom stereocenters. The molecule has 0 fully saturated rings. The summed E-state index contributed by atoms with van der Waals surface area (Å²) in [4.78, 5) is 0. The molecule has 0 bridgehead atoms. The van der Waals surface area contributed by atoms with Crippen molar-refractivity contribution >= 4 is 85.6 Å². The zero-order chi connectivity index (χ0) is 27.4. The van der Waals surface area contributed by atoms with Gasteiger partial charge in [-0.25, -0.2) is 0 Å². The van der Waals surface area contributed by atoms with Gasteiger partial charge in [-0.3, -0.25) is 0 Å². The molecule has 10 aromatic rings. The van der Waals surface area contributed by atoms with E-state index < -0.39 is 0 Å². The largest absolute Gasteiger partial charge is 0.309 e. The van der Waals surface area contributed by atoms with Crippen molar-refractivity contribution in [1.29, 1.82) is 0 Å². The highest BCUT2D eigenvalue weighted by atomic mass is 32.1. The molecule has 0 aliphatic heterocycles. The van der Waals surface area contributed by atoms with Crippen molar-refractivity contribution in [2.45, 2.75) is 0 Å². The maximum Gasteiger partial charge on any atom is 0.0555 e. The summed E-state index contributed by atoms with van der Waals surface area (Å²) < 4.78 is 5.12. The zero-order valence-corrected chi connectivity index (χ0v) is 23.5. The van der Waals surface area contributed by atoms with Gasteiger partial charge in [-0.2, -0.15) is 0 Å². The Morgan fingerprint density at radius 2 is 1.14 bits per heavy atom. The van der Waals surface area contributed by atoms with Crippen LogP contribution in [0.15, 0.2) is 140 Å². The Hall–Kier alpha value is -5.18. The summed E-state index contributed by atoms with van der Waals surface area (Å²) in [7, 11) is 0. The lowest BCUT2D eigenvalue weighted by atomic mass is 9.90. The molecule has 0 N–H and O–H groups in total. The molecule has 8 aromatic carbocycles. The second kappa shape index (κ2) is 8.19. The van der Waals surface area contributed by atoms with Crippen molar-refractivity contribution in [1.82, 2.24) is 4.57 Å². The van der Waals surface area contributed by atoms with E-state index in [1.807, 2.05) is 11.3 Å². The molecule has 2 aromatic heterocycles. The number of aromatic nitrogens is 1. The standard InChI is InChI=1S/C40H23NS/c1-3-13-35-30(11-1)33-22-34-31-12-2-4-14-37(31)42-38(34)23-36(33)41(35)28-10-6-9-27(21-28)29-19-17-26-16-15-24-7-5-8-25-18-20-32(29)40(26)39(24)25/h1-23H. The van der Waals surface area contributed by atoms with Crippen LogP contribution in [-0.2, 0) is 0 Å². The van der Waals surface area contributed by atoms with E-state index in [0.29, 0.717) is 0 Å². The van der Waals surface area contributed by atoms with Gasteiger partial charge in [-0.05, 0) is 79.8 Å². The van der Waals surface area contributed by atoms with Gasteiger partial charge in [0.2, 0.25) is 0 Å². The highest BCUT2D eigenvalue weighted by Gasteiger charge is 2.17. The monoisotopic (exact) mass is 549 g/mol. The molecule has 42 heavy (non-hydrogen) atoms. The van der Waals surface area contributed by atoms with Crippen LogP contribution in [0.2, 0.25) is 0 Å². The summed E-state index contributed by atoms with van der Waals surface area (Å²) in [6.45, 7) is 0. The fraction of sp³-hybridized carbons (Fsp3) is 0. The van der Waals surface area contributed by atoms with E-state index in [4.69, 9.17) is 0 Å². The molecule has 2 heteroatoms. The molecular formula is C40H23NS. The Kier molecular flexibility index (Phi) is 4.39. The van der Waals surface area contributed by atoms with E-state index in [-0.39, 0.29) is 0 Å². The van der Waals surface area contributed by atoms with Crippen molar-refractivity contribution in [3.63, 3.8) is 0 Å². The summed E-state index contributed by atoms with van der Waals surface area (Å²) in [6.07, 6.45) is 0. The van der Waals surface area contributed by atoms with Crippen LogP contribution in [0, 0.1) is 0 Å². The van der Waals surface area contributed by atoms with Gasteiger partial charge in [-0.15, -0.1) is 11.3 Å². The van der Waals surface area contributed by atoms with Gasteiger partial charge in [0, 0.05) is 36.6 Å². The fourth-order valence-electron chi connectivity index (χ4n) is 7.27. The van der Waals surface area contributed by atoms with Crippen molar-refractivity contribution in [2.75, 3.05) is 0 Å². The summed E-state index contributed by atoms with van der Waals surface area (Å²) in [5, 5.41) is 13.2. The Bertz CT molecular complexity index is 2670. The highest BCUT2D eigenvalue weighted by molar-refractivity contribution is 7.25. The normalized spacial score (nSPS) is 12.3. The van der Waals surface area contributed by atoms with Crippen LogP contribution in [0.1, 0.15) is 0 Å². The fourth-order valence-corrected chi connectivity index (χ4v) is 8.39. The Morgan fingerprint density at radius 1 is 0.405 bits per heavy atom. The Balaban J connectivity index is 1.25. The number of hydrogen-bond donors (Lipinski definition) is 0. The van der Waals surface area contributed by atoms with Crippen LogP contribution >= 0.6 is 11.3 Å². The van der Waals surface area contributed by atoms with Gasteiger partial charge in [0.25, 0.3) is 0 Å². The molecule has 0 atom stereocenters. The molecule has 0 spiro atoms. The van der Waals surface area contributed by atoms with Gasteiger partial charge in [0.05, 0.1) is 11.0 Å². The average Bonchev–Trinajstić information content (AvgIpc) is 3.57. The van der Waals surface area contributed by atoms with E-state index >= 15 is 0 Å². The minimum Gasteiger partial charge on any atom is -0.309 e. The molecule has 0 aliphatic carbocycles. The lowest BCUT2D eigenvalue weighted by Gasteiger charge is -2.15. The summed E-state index contributed by atoms with van der Waals surface area (Å²) >= 11 is 1.88. The molecule has 0 saturated heterocycles. The van der Waals surface area contributed by atoms with Gasteiger partial charge < -0.3 is 4.57 Å². The molecule has 0 aliphatic rings. The van der Waals surface area contributed by atoms with Crippen molar-refractivity contribution < 1.29 is 0 Å². The molecule has 194 valence electrons. The average molecular weight is 550 g/mol. The van der Waals surface area contributed by atoms with Gasteiger partial charge in [-0.1, -0.05) is 103 Å². The number of para-hydroxylation sites is 1. The first-order valence-corrected chi connectivity index (χ1v) is 15.3. The first kappa shape index (κ1) is 22.5. The third-order valence-corrected chi connectivity index (χ3v) is 10.2. The molecule has 1 nitrogen and oxygen atoms in total. The maximum atomic E-state index is 2.45. The topological polar surface area (TPSA) is 4.93 Å². The van der Waals surface area contributed by atoms with Crippen molar-refractivity contribution in [3.05, 3.63) is 140 Å². The van der Waals surface area contributed by atoms with Gasteiger partial charge in [0.1, 0.15) is 0 Å². The minimum atomic E-state index is 1.19. The smallest absolute Gasteiger partial charge is 0.0555 e. The first-order valence-electron chi connectivity index (χ1n) is 14.4. The lowest BCUT2D eigenvalue weighted by molar-refractivity contribution is 1.18. The third-order valence-electron chi connectivity index (χ3n) is 9.12. The SMILES string of the molecule is c1cc(-c2ccc3ccc4cccc5ccc2c3c45)cc(-n2c3ccccc3c3cc4c(cc32)sc2ccccc24)c1. The number of nitrogens with zero attached hydrogens (tertiary/aromatic N) is 1. The van der Waals surface area contributed by atoms with Crippen LogP contribution < -0.4 is 0 Å². The second-order valence-electron chi connectivity index (χ2n) is 11.3. The van der Waals surface area contributed by atoms with E-state index in [9.17, 15) is 0 Å². The third kappa shape index (κ3) is 2.97. The molecular weight excluding hydrogens is 527 g/mol. The number of fused-ring (bicyclic) bond motifs is 6. The molecule has 2 heterocycles. The molecule has 10 rings (SSSR count). The van der Waals surface area contributed by atoms with E-state index in [0.717, 1.165) is 0 Å². The molecule has 0 saturated carbocycles. The van der Waals surface area contributed by atoms with Crippen LogP contribution in [0.5, 0.6) is 0 Å². The second-order valence-corrected chi connectivity index (χ2v) is 12.4. The maximum absolute atomic E-state index is 2.45. The number of hydrogen-bond acceptors (Lipinski definition) is 1. The van der Waals surface area contributed by atoms with Crippen LogP contribution in [0.25, 0.3) is 91.1 Å². The Morgan fingerprint density at radius 3 is 2.05 bits per heavy atom. The summed E-state index contributed by atoms with van der Waals surface area (Å²) in [5.74, 6) is 0. The highest BCUT2D eigenvalue weighted by Crippen LogP contribution is 2.42. The van der Waals surface area contributed by atoms with E-state index in [1.165, 1.54) is 91.1 Å². The number of benzene rings is 8. The van der Waals surface area contributed by atoms with Gasteiger partial charge >= 0.3 is 0 Å². The van der Waals surface area contributed by atoms with Crippen molar-refractivity contribution in [2.24, 2.45) is 0 Å². The molecule has 0 radical (unpaired) electrons. The quantitative estimate of drug-likeness (QED) is 0.189. The predicted octanol–water partition coefficient (Wildman–Crippen LogP) is 11.7. The zero-order valence-electron chi connectivity index (χ0n) is 22.6. The van der Waals surface area contributed by atoms with Crippen molar-refractivity contribution in [3.8, 4) is 16.8 Å². The van der Waals surface area contributed by atoms with Gasteiger partial charge in [0.15, 0.2) is 0 Å². The van der Waals surface area contributed by atoms with Crippen LogP contribution in [0.3, 0.4) is 0 Å². The number of thiophene rings is 1. The minimum absolute atomic E-state index is 1.19. The Labute approximate surface area is 245 Å². The lowest BCUT2D eigenvalue weighted by Crippen LogP contribution is -1.94. The van der Waals surface area contributed by atoms with Crippen LogP contribution in [-0.4, -0.2) is 4.57 Å². The number of rotatable bonds is 2. The van der Waals surface area contributed by atoms with Crippen LogP contribution in [0.4, 0.5) is 0 Å².